The smallest absolute Gasteiger partial charge is 0.178 e. The van der Waals surface area contributed by atoms with E-state index < -0.39 is 0 Å². The highest BCUT2D eigenvalue weighted by molar-refractivity contribution is 6.35. The number of halogens is 1. The van der Waals surface area contributed by atoms with E-state index in [9.17, 15) is 4.79 Å². The summed E-state index contributed by atoms with van der Waals surface area (Å²) < 4.78 is 5.08. The third-order valence-electron chi connectivity index (χ3n) is 1.73. The van der Waals surface area contributed by atoms with Crippen molar-refractivity contribution >= 4 is 28.5 Å². The Labute approximate surface area is 79.3 Å². The van der Waals surface area contributed by atoms with Crippen LogP contribution >= 0.6 is 11.6 Å². The summed E-state index contributed by atoms with van der Waals surface area (Å²) in [5, 5.41) is 0.417. The fourth-order valence-corrected chi connectivity index (χ4v) is 1.34. The molecule has 0 spiro atoms. The van der Waals surface area contributed by atoms with Crippen molar-refractivity contribution in [3.63, 3.8) is 0 Å². The number of aromatic nitrogens is 1. The molecule has 2 aromatic rings. The maximum atomic E-state index is 11.0. The second-order valence-corrected chi connectivity index (χ2v) is 3.09. The molecule has 0 atom stereocenters. The van der Waals surface area contributed by atoms with Crippen LogP contribution in [0.1, 0.15) is 17.4 Å². The van der Waals surface area contributed by atoms with Crippen molar-refractivity contribution in [2.24, 2.45) is 0 Å². The van der Waals surface area contributed by atoms with Gasteiger partial charge in [-0.05, 0) is 6.07 Å². The van der Waals surface area contributed by atoms with Crippen LogP contribution in [0, 0.1) is 0 Å². The molecule has 0 aliphatic heterocycles. The van der Waals surface area contributed by atoms with Gasteiger partial charge < -0.3 is 4.42 Å². The molecule has 0 amide bonds. The summed E-state index contributed by atoms with van der Waals surface area (Å²) in [5.74, 6) is -0.106. The van der Waals surface area contributed by atoms with E-state index in [2.05, 4.69) is 4.98 Å². The summed E-state index contributed by atoms with van der Waals surface area (Å²) in [6, 6.07) is 3.18. The molecule has 2 rings (SSSR count). The van der Waals surface area contributed by atoms with Crippen molar-refractivity contribution in [1.82, 2.24) is 4.98 Å². The first-order chi connectivity index (χ1) is 6.18. The number of hydrogen-bond acceptors (Lipinski definition) is 3. The third-order valence-corrected chi connectivity index (χ3v) is 2.01. The molecule has 0 bridgehead atoms. The minimum absolute atomic E-state index is 0.106. The van der Waals surface area contributed by atoms with E-state index >= 15 is 0 Å². The summed E-state index contributed by atoms with van der Waals surface area (Å²) in [4.78, 5) is 15.1. The predicted octanol–water partition coefficient (Wildman–Crippen LogP) is 2.68. The summed E-state index contributed by atoms with van der Waals surface area (Å²) in [5.41, 5.74) is 1.49. The van der Waals surface area contributed by atoms with Crippen molar-refractivity contribution in [1.29, 1.82) is 0 Å². The van der Waals surface area contributed by atoms with E-state index in [1.165, 1.54) is 19.3 Å². The van der Waals surface area contributed by atoms with Crippen LogP contribution in [0.4, 0.5) is 0 Å². The molecule has 0 N–H and O–H groups in total. The lowest BCUT2D eigenvalue weighted by atomic mass is 10.2. The monoisotopic (exact) mass is 195 g/mol. The molecule has 66 valence electrons. The zero-order chi connectivity index (χ0) is 9.42. The third kappa shape index (κ3) is 1.31. The molecular weight excluding hydrogens is 190 g/mol. The molecule has 2 aromatic heterocycles. The predicted molar refractivity (Wildman–Crippen MR) is 49.0 cm³/mol. The van der Waals surface area contributed by atoms with Crippen LogP contribution in [-0.2, 0) is 0 Å². The largest absolute Gasteiger partial charge is 0.461 e. The number of pyridine rings is 1. The maximum absolute atomic E-state index is 11.0. The Balaban J connectivity index is 2.77. The maximum Gasteiger partial charge on any atom is 0.178 e. The quantitative estimate of drug-likeness (QED) is 0.657. The van der Waals surface area contributed by atoms with Gasteiger partial charge >= 0.3 is 0 Å². The Morgan fingerprint density at radius 2 is 2.38 bits per heavy atom. The van der Waals surface area contributed by atoms with Gasteiger partial charge in [0.2, 0.25) is 0 Å². The van der Waals surface area contributed by atoms with Gasteiger partial charge in [0.05, 0.1) is 11.3 Å². The number of carbonyl (C=O) groups excluding carboxylic acids is 1. The number of rotatable bonds is 1. The van der Waals surface area contributed by atoms with Crippen LogP contribution < -0.4 is 0 Å². The minimum atomic E-state index is -0.106. The van der Waals surface area contributed by atoms with Crippen LogP contribution in [0.25, 0.3) is 11.1 Å². The van der Waals surface area contributed by atoms with Gasteiger partial charge in [-0.2, -0.15) is 0 Å². The average Bonchev–Trinajstić information content (AvgIpc) is 2.51. The van der Waals surface area contributed by atoms with Gasteiger partial charge in [0.25, 0.3) is 0 Å². The van der Waals surface area contributed by atoms with Gasteiger partial charge in [0.15, 0.2) is 11.4 Å². The number of hydrogen-bond donors (Lipinski definition) is 0. The summed E-state index contributed by atoms with van der Waals surface area (Å²) in [7, 11) is 0. The van der Waals surface area contributed by atoms with E-state index in [1.54, 1.807) is 6.07 Å². The van der Waals surface area contributed by atoms with Gasteiger partial charge in [0.1, 0.15) is 11.2 Å². The molecule has 4 heteroatoms. The molecule has 0 saturated carbocycles. The van der Waals surface area contributed by atoms with Crippen LogP contribution in [0.5, 0.6) is 0 Å². The number of furan rings is 1. The van der Waals surface area contributed by atoms with E-state index in [0.717, 1.165) is 0 Å². The highest BCUT2D eigenvalue weighted by Crippen LogP contribution is 2.23. The number of ketones is 1. The number of Topliss-reactive ketones (excluding diaryl/α,β-unsaturated/α-hetero) is 1. The lowest BCUT2D eigenvalue weighted by molar-refractivity contribution is 0.101. The second-order valence-electron chi connectivity index (χ2n) is 2.68. The molecular formula is C9H6ClNO2. The van der Waals surface area contributed by atoms with Gasteiger partial charge in [-0.15, -0.1) is 0 Å². The number of fused-ring (bicyclic) bond motifs is 1. The topological polar surface area (TPSA) is 43.1 Å². The Kier molecular flexibility index (Phi) is 1.81. The normalized spacial score (nSPS) is 10.6. The molecule has 2 heterocycles. The fraction of sp³-hybridized carbons (Fsp3) is 0.111. The van der Waals surface area contributed by atoms with Crippen molar-refractivity contribution in [3.05, 3.63) is 29.1 Å². The van der Waals surface area contributed by atoms with Gasteiger partial charge in [0, 0.05) is 13.0 Å². The van der Waals surface area contributed by atoms with Crippen molar-refractivity contribution < 1.29 is 9.21 Å². The lowest BCUT2D eigenvalue weighted by Gasteiger charge is -1.96. The van der Waals surface area contributed by atoms with Crippen molar-refractivity contribution in [2.45, 2.75) is 6.92 Å². The van der Waals surface area contributed by atoms with E-state index in [-0.39, 0.29) is 5.78 Å². The van der Waals surface area contributed by atoms with E-state index in [0.29, 0.717) is 21.8 Å². The first-order valence-corrected chi connectivity index (χ1v) is 4.11. The first kappa shape index (κ1) is 8.26. The molecule has 0 aliphatic carbocycles. The van der Waals surface area contributed by atoms with E-state index in [4.69, 9.17) is 16.0 Å². The fourth-order valence-electron chi connectivity index (χ4n) is 1.10. The van der Waals surface area contributed by atoms with Crippen LogP contribution in [0.15, 0.2) is 22.8 Å². The Bertz CT molecular complexity index is 475. The molecule has 0 unspecified atom stereocenters. The van der Waals surface area contributed by atoms with Crippen molar-refractivity contribution in [3.8, 4) is 0 Å². The molecule has 0 fully saturated rings. The minimum Gasteiger partial charge on any atom is -0.461 e. The SMILES string of the molecule is CC(=O)c1cc(Cl)c2occc2n1. The standard InChI is InChI=1S/C9H6ClNO2/c1-5(12)8-4-6(10)9-7(11-8)2-3-13-9/h2-4H,1H3. The van der Waals surface area contributed by atoms with Gasteiger partial charge in [-0.1, -0.05) is 11.6 Å². The van der Waals surface area contributed by atoms with Crippen LogP contribution in [0.2, 0.25) is 5.02 Å². The molecule has 0 aliphatic rings. The molecule has 13 heavy (non-hydrogen) atoms. The summed E-state index contributed by atoms with van der Waals surface area (Å²) in [6.45, 7) is 1.45. The lowest BCUT2D eigenvalue weighted by Crippen LogP contribution is -1.95. The first-order valence-electron chi connectivity index (χ1n) is 3.73. The second kappa shape index (κ2) is 2.85. The Morgan fingerprint density at radius 3 is 3.08 bits per heavy atom. The number of carbonyl (C=O) groups is 1. The summed E-state index contributed by atoms with van der Waals surface area (Å²) >= 11 is 5.86. The van der Waals surface area contributed by atoms with Crippen LogP contribution in [-0.4, -0.2) is 10.8 Å². The van der Waals surface area contributed by atoms with Gasteiger partial charge in [-0.25, -0.2) is 4.98 Å². The van der Waals surface area contributed by atoms with E-state index in [1.807, 2.05) is 0 Å². The van der Waals surface area contributed by atoms with Gasteiger partial charge in [-0.3, -0.25) is 4.79 Å². The van der Waals surface area contributed by atoms with Crippen molar-refractivity contribution in [2.75, 3.05) is 0 Å². The molecule has 0 radical (unpaired) electrons. The van der Waals surface area contributed by atoms with Crippen LogP contribution in [0.3, 0.4) is 0 Å². The average molecular weight is 196 g/mol. The zero-order valence-corrected chi connectivity index (χ0v) is 7.63. The Morgan fingerprint density at radius 1 is 1.62 bits per heavy atom. The molecule has 0 saturated heterocycles. The zero-order valence-electron chi connectivity index (χ0n) is 6.87. The highest BCUT2D eigenvalue weighted by atomic mass is 35.5. The molecule has 0 aromatic carbocycles. The highest BCUT2D eigenvalue weighted by Gasteiger charge is 2.09. The summed E-state index contributed by atoms with van der Waals surface area (Å²) in [6.07, 6.45) is 1.49. The molecule has 3 nitrogen and oxygen atoms in total. The number of nitrogens with zero attached hydrogens (tertiary/aromatic N) is 1. The Hall–Kier alpha value is -1.35.